The lowest BCUT2D eigenvalue weighted by atomic mass is 10.4. The van der Waals surface area contributed by atoms with Gasteiger partial charge in [-0.15, -0.1) is 0 Å². The number of fused-ring (bicyclic) bond motifs is 1. The third-order valence-corrected chi connectivity index (χ3v) is 1.36. The molecule has 5 heteroatoms. The van der Waals surface area contributed by atoms with Crippen molar-refractivity contribution in [2.24, 2.45) is 0 Å². The van der Waals surface area contributed by atoms with Gasteiger partial charge in [0.2, 0.25) is 0 Å². The summed E-state index contributed by atoms with van der Waals surface area (Å²) in [6, 6.07) is 0. The molecular weight excluding hydrogens is 144 g/mol. The topological polar surface area (TPSA) is 71.5 Å². The van der Waals surface area contributed by atoms with Crippen molar-refractivity contribution in [1.82, 2.24) is 19.9 Å². The first-order valence-corrected chi connectivity index (χ1v) is 3.01. The Hall–Kier alpha value is -1.78. The molecule has 2 heterocycles. The van der Waals surface area contributed by atoms with Crippen LogP contribution in [0.25, 0.3) is 11.2 Å². The van der Waals surface area contributed by atoms with E-state index >= 15 is 0 Å². The molecule has 0 aliphatic carbocycles. The van der Waals surface area contributed by atoms with E-state index in [0.29, 0.717) is 23.1 Å². The minimum atomic E-state index is 0.340. The highest BCUT2D eigenvalue weighted by Crippen LogP contribution is 2.05. The Labute approximate surface area is 61.5 Å². The van der Waals surface area contributed by atoms with Crippen LogP contribution in [0, 0.1) is 0 Å². The molecule has 54 valence electrons. The van der Waals surface area contributed by atoms with E-state index in [0.717, 1.165) is 0 Å². The minimum absolute atomic E-state index is 0.340. The van der Waals surface area contributed by atoms with E-state index in [1.165, 1.54) is 12.7 Å². The molecule has 0 atom stereocenters. The number of hydrogen-bond acceptors (Lipinski definition) is 4. The Balaban J connectivity index is 2.88. The maximum absolute atomic E-state index is 10.4. The van der Waals surface area contributed by atoms with Crippen LogP contribution in [-0.2, 0) is 0 Å². The molecule has 2 rings (SSSR count). The van der Waals surface area contributed by atoms with Crippen LogP contribution in [0.1, 0.15) is 10.5 Å². The minimum Gasteiger partial charge on any atom is -0.341 e. The van der Waals surface area contributed by atoms with E-state index in [9.17, 15) is 4.79 Å². The van der Waals surface area contributed by atoms with Crippen molar-refractivity contribution in [2.45, 2.75) is 0 Å². The van der Waals surface area contributed by atoms with Gasteiger partial charge in [0.05, 0.1) is 6.33 Å². The van der Waals surface area contributed by atoms with Crippen LogP contribution in [0.15, 0.2) is 12.7 Å². The molecule has 0 radical (unpaired) electrons. The van der Waals surface area contributed by atoms with Crippen molar-refractivity contribution in [1.29, 1.82) is 0 Å². The van der Waals surface area contributed by atoms with Crippen molar-refractivity contribution in [3.8, 4) is 0 Å². The molecule has 0 aliphatic rings. The van der Waals surface area contributed by atoms with Crippen LogP contribution in [-0.4, -0.2) is 26.2 Å². The first-order valence-electron chi connectivity index (χ1n) is 3.01. The number of nitrogens with zero attached hydrogens (tertiary/aromatic N) is 3. The standard InChI is InChI=1S/C6H4N4O/c11-1-4-5-6(9-2-7-4)10-3-8-5/h1-3H,(H,7,8,9,10). The fraction of sp³-hybridized carbons (Fsp3) is 0. The van der Waals surface area contributed by atoms with Gasteiger partial charge in [-0.3, -0.25) is 4.79 Å². The van der Waals surface area contributed by atoms with E-state index < -0.39 is 0 Å². The molecule has 0 fully saturated rings. The van der Waals surface area contributed by atoms with Gasteiger partial charge in [-0.1, -0.05) is 0 Å². The number of hydrogen-bond donors (Lipinski definition) is 1. The highest BCUT2D eigenvalue weighted by molar-refractivity contribution is 5.89. The molecular formula is C6H4N4O. The summed E-state index contributed by atoms with van der Waals surface area (Å²) in [5.41, 5.74) is 1.44. The van der Waals surface area contributed by atoms with Crippen LogP contribution >= 0.6 is 0 Å². The Morgan fingerprint density at radius 2 is 2.27 bits per heavy atom. The number of H-pyrrole nitrogens is 1. The molecule has 5 nitrogen and oxygen atoms in total. The third-order valence-electron chi connectivity index (χ3n) is 1.36. The van der Waals surface area contributed by atoms with E-state index in [1.807, 2.05) is 0 Å². The third kappa shape index (κ3) is 0.778. The summed E-state index contributed by atoms with van der Waals surface area (Å²) in [7, 11) is 0. The molecule has 2 aromatic rings. The summed E-state index contributed by atoms with van der Waals surface area (Å²) in [6.45, 7) is 0. The number of rotatable bonds is 1. The van der Waals surface area contributed by atoms with Crippen LogP contribution in [0.5, 0.6) is 0 Å². The molecule has 2 aromatic heterocycles. The van der Waals surface area contributed by atoms with E-state index in [1.54, 1.807) is 0 Å². The highest BCUT2D eigenvalue weighted by atomic mass is 16.1. The second-order valence-electron chi connectivity index (χ2n) is 1.98. The largest absolute Gasteiger partial charge is 0.341 e. The van der Waals surface area contributed by atoms with Crippen molar-refractivity contribution in [2.75, 3.05) is 0 Å². The molecule has 0 bridgehead atoms. The first-order chi connectivity index (χ1) is 5.42. The van der Waals surface area contributed by atoms with Gasteiger partial charge in [0, 0.05) is 0 Å². The molecule has 11 heavy (non-hydrogen) atoms. The van der Waals surface area contributed by atoms with Crippen molar-refractivity contribution >= 4 is 17.5 Å². The lowest BCUT2D eigenvalue weighted by Crippen LogP contribution is -1.89. The average molecular weight is 148 g/mol. The van der Waals surface area contributed by atoms with Crippen LogP contribution in [0.3, 0.4) is 0 Å². The Kier molecular flexibility index (Phi) is 1.15. The van der Waals surface area contributed by atoms with Gasteiger partial charge >= 0.3 is 0 Å². The summed E-state index contributed by atoms with van der Waals surface area (Å²) in [5.74, 6) is 0. The van der Waals surface area contributed by atoms with E-state index in [4.69, 9.17) is 0 Å². The molecule has 0 unspecified atom stereocenters. The Bertz CT molecular complexity index is 394. The molecule has 1 N–H and O–H groups in total. The molecule has 0 amide bonds. The van der Waals surface area contributed by atoms with Gasteiger partial charge in [0.25, 0.3) is 0 Å². The number of aromatic nitrogens is 4. The highest BCUT2D eigenvalue weighted by Gasteiger charge is 2.02. The van der Waals surface area contributed by atoms with Gasteiger partial charge in [0.15, 0.2) is 11.9 Å². The molecule has 0 aromatic carbocycles. The van der Waals surface area contributed by atoms with Gasteiger partial charge in [-0.05, 0) is 0 Å². The summed E-state index contributed by atoms with van der Waals surface area (Å²) in [4.78, 5) is 24.6. The van der Waals surface area contributed by atoms with E-state index in [-0.39, 0.29) is 0 Å². The van der Waals surface area contributed by atoms with Crippen LogP contribution in [0.4, 0.5) is 0 Å². The Morgan fingerprint density at radius 1 is 1.36 bits per heavy atom. The summed E-state index contributed by atoms with van der Waals surface area (Å²) < 4.78 is 0. The predicted molar refractivity (Wildman–Crippen MR) is 37.1 cm³/mol. The van der Waals surface area contributed by atoms with Crippen LogP contribution in [0.2, 0.25) is 0 Å². The quantitative estimate of drug-likeness (QED) is 0.585. The smallest absolute Gasteiger partial charge is 0.181 e. The van der Waals surface area contributed by atoms with Crippen molar-refractivity contribution in [3.05, 3.63) is 18.3 Å². The SMILES string of the molecule is O=Cc1ncnc2nc[nH]c12. The van der Waals surface area contributed by atoms with Gasteiger partial charge in [0.1, 0.15) is 17.5 Å². The number of carbonyl (C=O) groups excluding carboxylic acids is 1. The number of carbonyl (C=O) groups is 1. The molecule has 0 saturated heterocycles. The second-order valence-corrected chi connectivity index (χ2v) is 1.98. The fourth-order valence-electron chi connectivity index (χ4n) is 0.873. The number of aromatic amines is 1. The zero-order valence-electron chi connectivity index (χ0n) is 5.48. The van der Waals surface area contributed by atoms with Crippen molar-refractivity contribution < 1.29 is 4.79 Å². The molecule has 0 spiro atoms. The van der Waals surface area contributed by atoms with Gasteiger partial charge in [-0.25, -0.2) is 15.0 Å². The molecule has 0 saturated carbocycles. The zero-order valence-corrected chi connectivity index (χ0v) is 5.48. The number of nitrogens with one attached hydrogen (secondary N) is 1. The lowest BCUT2D eigenvalue weighted by molar-refractivity contribution is 0.112. The average Bonchev–Trinajstić information content (AvgIpc) is 2.50. The summed E-state index contributed by atoms with van der Waals surface area (Å²) in [5, 5.41) is 0. The lowest BCUT2D eigenvalue weighted by Gasteiger charge is -1.88. The van der Waals surface area contributed by atoms with Gasteiger partial charge < -0.3 is 4.98 Å². The monoisotopic (exact) mass is 148 g/mol. The second kappa shape index (κ2) is 2.12. The van der Waals surface area contributed by atoms with E-state index in [2.05, 4.69) is 19.9 Å². The fourth-order valence-corrected chi connectivity index (χ4v) is 0.873. The summed E-state index contributed by atoms with van der Waals surface area (Å²) >= 11 is 0. The maximum atomic E-state index is 10.4. The first kappa shape index (κ1) is 5.96. The predicted octanol–water partition coefficient (Wildman–Crippen LogP) is 0.165. The number of imidazole rings is 1. The zero-order chi connectivity index (χ0) is 7.68. The number of aldehydes is 1. The van der Waals surface area contributed by atoms with Crippen LogP contribution < -0.4 is 0 Å². The normalized spacial score (nSPS) is 10.2. The molecule has 0 aliphatic heterocycles. The Morgan fingerprint density at radius 3 is 3.09 bits per heavy atom. The summed E-state index contributed by atoms with van der Waals surface area (Å²) in [6.07, 6.45) is 3.46. The van der Waals surface area contributed by atoms with Crippen molar-refractivity contribution in [3.63, 3.8) is 0 Å². The maximum Gasteiger partial charge on any atom is 0.181 e. The van der Waals surface area contributed by atoms with Gasteiger partial charge in [-0.2, -0.15) is 0 Å².